The van der Waals surface area contributed by atoms with Gasteiger partial charge in [-0.1, -0.05) is 6.07 Å². The molecule has 0 aliphatic heterocycles. The highest BCUT2D eigenvalue weighted by Crippen LogP contribution is 2.18. The van der Waals surface area contributed by atoms with Crippen molar-refractivity contribution in [1.29, 1.82) is 0 Å². The van der Waals surface area contributed by atoms with Crippen LogP contribution in [0.2, 0.25) is 0 Å². The normalized spacial score (nSPS) is 10.8. The number of halogens is 2. The van der Waals surface area contributed by atoms with Gasteiger partial charge in [0.2, 0.25) is 5.91 Å². The molecule has 0 atom stereocenters. The van der Waals surface area contributed by atoms with E-state index in [1.165, 1.54) is 12.1 Å². The van der Waals surface area contributed by atoms with Crippen molar-refractivity contribution in [2.24, 2.45) is 4.99 Å². The topological polar surface area (TPSA) is 78.4 Å². The molecule has 2 aromatic rings. The number of carbonyl (C=O) groups is 1. The van der Waals surface area contributed by atoms with Crippen LogP contribution in [-0.4, -0.2) is 42.7 Å². The Bertz CT molecular complexity index is 771. The quantitative estimate of drug-likeness (QED) is 0.151. The van der Waals surface area contributed by atoms with E-state index in [0.29, 0.717) is 24.7 Å². The largest absolute Gasteiger partial charge is 0.356 e. The highest BCUT2D eigenvalue weighted by Gasteiger charge is 2.04. The third-order valence-corrected chi connectivity index (χ3v) is 4.84. The summed E-state index contributed by atoms with van der Waals surface area (Å²) < 4.78 is 12.9. The van der Waals surface area contributed by atoms with Crippen molar-refractivity contribution >= 4 is 53.4 Å². The highest BCUT2D eigenvalue weighted by molar-refractivity contribution is 14.0. The molecule has 6 nitrogen and oxygen atoms in total. The number of nitrogens with zero attached hydrogens (tertiary/aromatic N) is 2. The van der Waals surface area contributed by atoms with Gasteiger partial charge >= 0.3 is 0 Å². The maximum absolute atomic E-state index is 12.9. The van der Waals surface area contributed by atoms with Gasteiger partial charge in [-0.25, -0.2) is 9.37 Å². The van der Waals surface area contributed by atoms with Gasteiger partial charge in [0.1, 0.15) is 11.6 Å². The van der Waals surface area contributed by atoms with E-state index >= 15 is 0 Å². The van der Waals surface area contributed by atoms with E-state index in [1.807, 2.05) is 13.0 Å². The number of carbonyl (C=O) groups excluding carboxylic acids is 1. The lowest BCUT2D eigenvalue weighted by atomic mass is 10.3. The van der Waals surface area contributed by atoms with Crippen molar-refractivity contribution in [1.82, 2.24) is 15.6 Å². The zero-order valence-electron chi connectivity index (χ0n) is 16.6. The molecule has 0 bridgehead atoms. The average molecular weight is 531 g/mol. The Labute approximate surface area is 192 Å². The van der Waals surface area contributed by atoms with Gasteiger partial charge in [-0.2, -0.15) is 0 Å². The lowest BCUT2D eigenvalue weighted by molar-refractivity contribution is -0.116. The van der Waals surface area contributed by atoms with Crippen LogP contribution in [0.4, 0.5) is 10.2 Å². The number of pyridine rings is 1. The van der Waals surface area contributed by atoms with Crippen molar-refractivity contribution in [2.45, 2.75) is 24.7 Å². The van der Waals surface area contributed by atoms with Crippen molar-refractivity contribution < 1.29 is 9.18 Å². The molecule has 3 N–H and O–H groups in total. The third kappa shape index (κ3) is 10.5. The summed E-state index contributed by atoms with van der Waals surface area (Å²) in [5.74, 6) is 1.81. The molecule has 1 aromatic carbocycles. The summed E-state index contributed by atoms with van der Waals surface area (Å²) in [6.07, 6.45) is 2.97. The van der Waals surface area contributed by atoms with Crippen LogP contribution in [0, 0.1) is 12.7 Å². The number of guanidine groups is 1. The number of nitrogens with one attached hydrogen (secondary N) is 3. The summed E-state index contributed by atoms with van der Waals surface area (Å²) in [5, 5.41) is 9.10. The smallest absolute Gasteiger partial charge is 0.227 e. The Hall–Kier alpha value is -1.88. The minimum atomic E-state index is -0.218. The molecule has 2 rings (SSSR count). The molecule has 1 amide bonds. The Kier molecular flexibility index (Phi) is 12.3. The minimum Gasteiger partial charge on any atom is -0.356 e. The van der Waals surface area contributed by atoms with Crippen molar-refractivity contribution in [3.63, 3.8) is 0 Å². The van der Waals surface area contributed by atoms with Gasteiger partial charge in [0.05, 0.1) is 0 Å². The monoisotopic (exact) mass is 531 g/mol. The third-order valence-electron chi connectivity index (χ3n) is 3.74. The summed E-state index contributed by atoms with van der Waals surface area (Å²) >= 11 is 1.69. The molecule has 0 aliphatic rings. The fourth-order valence-corrected chi connectivity index (χ4v) is 3.11. The maximum Gasteiger partial charge on any atom is 0.227 e. The molecular weight excluding hydrogens is 504 g/mol. The first kappa shape index (κ1) is 25.2. The first-order valence-electron chi connectivity index (χ1n) is 9.12. The molecule has 9 heteroatoms. The number of aliphatic imine (C=N–C) groups is 1. The number of aromatic nitrogens is 1. The Morgan fingerprint density at radius 2 is 1.86 bits per heavy atom. The van der Waals surface area contributed by atoms with Crippen LogP contribution in [0.15, 0.2) is 52.5 Å². The van der Waals surface area contributed by atoms with Gasteiger partial charge in [0.15, 0.2) is 5.96 Å². The first-order chi connectivity index (χ1) is 13.6. The van der Waals surface area contributed by atoms with Gasteiger partial charge in [0.25, 0.3) is 0 Å². The number of hydrogen-bond donors (Lipinski definition) is 3. The Morgan fingerprint density at radius 3 is 2.52 bits per heavy atom. The van der Waals surface area contributed by atoms with Gasteiger partial charge in [-0.3, -0.25) is 9.79 Å². The number of benzene rings is 1. The zero-order valence-corrected chi connectivity index (χ0v) is 19.7. The molecule has 0 fully saturated rings. The fourth-order valence-electron chi connectivity index (χ4n) is 2.26. The number of rotatable bonds is 9. The van der Waals surface area contributed by atoms with E-state index in [9.17, 15) is 9.18 Å². The van der Waals surface area contributed by atoms with E-state index < -0.39 is 0 Å². The van der Waals surface area contributed by atoms with Crippen molar-refractivity contribution in [2.75, 3.05) is 31.2 Å². The lowest BCUT2D eigenvalue weighted by Gasteiger charge is -2.11. The van der Waals surface area contributed by atoms with Gasteiger partial charge in [-0.15, -0.1) is 35.7 Å². The molecule has 29 heavy (non-hydrogen) atoms. The van der Waals surface area contributed by atoms with E-state index in [-0.39, 0.29) is 35.7 Å². The van der Waals surface area contributed by atoms with E-state index in [4.69, 9.17) is 0 Å². The second-order valence-electron chi connectivity index (χ2n) is 6.10. The van der Waals surface area contributed by atoms with Crippen LogP contribution >= 0.6 is 35.7 Å². The van der Waals surface area contributed by atoms with Crippen LogP contribution in [-0.2, 0) is 4.79 Å². The summed E-state index contributed by atoms with van der Waals surface area (Å²) in [6, 6.07) is 10.2. The molecule has 0 saturated heterocycles. The molecular formula is C20H27FIN5OS. The Morgan fingerprint density at radius 1 is 1.14 bits per heavy atom. The molecule has 0 radical (unpaired) electrons. The number of aryl methyl sites for hydroxylation is 1. The molecule has 0 saturated carbocycles. The van der Waals surface area contributed by atoms with E-state index in [1.54, 1.807) is 43.2 Å². The van der Waals surface area contributed by atoms with Crippen molar-refractivity contribution in [3.8, 4) is 0 Å². The fraction of sp³-hybridized carbons (Fsp3) is 0.350. The molecule has 1 aromatic heterocycles. The van der Waals surface area contributed by atoms with Crippen molar-refractivity contribution in [3.05, 3.63) is 54.0 Å². The SMILES string of the molecule is CN=C(NCCCSc1ccc(F)cc1)NCCC(=O)Nc1ccc(C)cn1.I. The van der Waals surface area contributed by atoms with Crippen LogP contribution in [0.1, 0.15) is 18.4 Å². The van der Waals surface area contributed by atoms with Crippen LogP contribution in [0.5, 0.6) is 0 Å². The van der Waals surface area contributed by atoms with Gasteiger partial charge < -0.3 is 16.0 Å². The number of hydrogen-bond acceptors (Lipinski definition) is 4. The van der Waals surface area contributed by atoms with Gasteiger partial charge in [-0.05, 0) is 55.0 Å². The zero-order chi connectivity index (χ0) is 20.2. The van der Waals surface area contributed by atoms with E-state index in [0.717, 1.165) is 29.2 Å². The highest BCUT2D eigenvalue weighted by atomic mass is 127. The summed E-state index contributed by atoms with van der Waals surface area (Å²) in [4.78, 5) is 21.3. The number of amides is 1. The van der Waals surface area contributed by atoms with Gasteiger partial charge in [0, 0.05) is 37.7 Å². The summed E-state index contributed by atoms with van der Waals surface area (Å²) in [7, 11) is 1.69. The van der Waals surface area contributed by atoms with Crippen LogP contribution < -0.4 is 16.0 Å². The van der Waals surface area contributed by atoms with Crippen LogP contribution in [0.25, 0.3) is 0 Å². The number of thioether (sulfide) groups is 1. The Balaban J connectivity index is 0.00000420. The average Bonchev–Trinajstić information content (AvgIpc) is 2.69. The predicted molar refractivity (Wildman–Crippen MR) is 129 cm³/mol. The standard InChI is InChI=1S/C20H26FN5OS.HI/c1-15-4-9-18(25-14-15)26-19(27)10-12-24-20(22-2)23-11-3-13-28-17-7-5-16(21)6-8-17;/h4-9,14H,3,10-13H2,1-2H3,(H2,22,23,24)(H,25,26,27);1H. The summed E-state index contributed by atoms with van der Waals surface area (Å²) in [5.41, 5.74) is 1.05. The molecule has 0 unspecified atom stereocenters. The second-order valence-corrected chi connectivity index (χ2v) is 7.27. The molecule has 158 valence electrons. The predicted octanol–water partition coefficient (Wildman–Crippen LogP) is 3.82. The van der Waals surface area contributed by atoms with Crippen LogP contribution in [0.3, 0.4) is 0 Å². The first-order valence-corrected chi connectivity index (χ1v) is 10.1. The summed E-state index contributed by atoms with van der Waals surface area (Å²) in [6.45, 7) is 3.18. The number of anilines is 1. The molecule has 0 spiro atoms. The second kappa shape index (κ2) is 14.2. The lowest BCUT2D eigenvalue weighted by Crippen LogP contribution is -2.39. The molecule has 0 aliphatic carbocycles. The molecule has 1 heterocycles. The van der Waals surface area contributed by atoms with E-state index in [2.05, 4.69) is 25.9 Å². The maximum atomic E-state index is 12.9. The minimum absolute atomic E-state index is 0.